The van der Waals surface area contributed by atoms with E-state index in [1.165, 1.54) is 76.5 Å². The van der Waals surface area contributed by atoms with E-state index in [0.717, 1.165) is 35.5 Å². The molecule has 0 saturated carbocycles. The number of hydrogen-bond donors (Lipinski definition) is 3. The second-order valence-electron chi connectivity index (χ2n) is 25.3. The first-order valence-electron chi connectivity index (χ1n) is 33.0. The van der Waals surface area contributed by atoms with Gasteiger partial charge < -0.3 is 48.1 Å². The molecule has 24 nitrogen and oxygen atoms in total. The molecule has 30 heteroatoms. The third kappa shape index (κ3) is 16.3. The van der Waals surface area contributed by atoms with E-state index in [-0.39, 0.29) is 70.5 Å². The number of nitrogens with zero attached hydrogens (tertiary/aromatic N) is 5. The number of halogens is 3. The lowest BCUT2D eigenvalue weighted by molar-refractivity contribution is -0.0514. The quantitative estimate of drug-likeness (QED) is 0.0377. The van der Waals surface area contributed by atoms with Crippen molar-refractivity contribution in [1.82, 2.24) is 38.9 Å². The third-order valence-corrected chi connectivity index (χ3v) is 20.5. The number of fused-ring (bicyclic) bond motifs is 3. The molecule has 0 bridgehead atoms. The van der Waals surface area contributed by atoms with Crippen LogP contribution < -0.4 is 50.2 Å². The number of hydrogen-bond acceptors (Lipinski definition) is 18. The normalized spacial score (nSPS) is 13.0. The maximum Gasteiger partial charge on any atom is 0.387 e. The number of nitrogens with one attached hydrogen (secondary N) is 3. The summed E-state index contributed by atoms with van der Waals surface area (Å²) in [6.45, 7) is 2.33. The summed E-state index contributed by atoms with van der Waals surface area (Å²) in [7, 11) is -8.40. The number of aromatic amines is 3. The molecule has 0 fully saturated rings. The molecule has 12 rings (SSSR count). The van der Waals surface area contributed by atoms with E-state index >= 15 is 4.39 Å². The van der Waals surface area contributed by atoms with Crippen molar-refractivity contribution in [1.29, 1.82) is 0 Å². The fourth-order valence-corrected chi connectivity index (χ4v) is 15.9. The molecule has 3 N–H and O–H groups in total. The summed E-state index contributed by atoms with van der Waals surface area (Å²) in [5.74, 6) is -1.05. The van der Waals surface area contributed by atoms with Crippen molar-refractivity contribution in [3.05, 3.63) is 229 Å². The van der Waals surface area contributed by atoms with Crippen LogP contribution in [0.4, 0.5) is 13.2 Å². The average molecular weight is 1500 g/mol. The molecule has 548 valence electrons. The zero-order valence-corrected chi connectivity index (χ0v) is 60.6. The molecule has 0 saturated heterocycles. The van der Waals surface area contributed by atoms with Gasteiger partial charge in [-0.1, -0.05) is 66.7 Å². The molecule has 0 radical (unpaired) electrons. The molecule has 3 atom stereocenters. The Morgan fingerprint density at radius 1 is 0.486 bits per heavy atom. The zero-order chi connectivity index (χ0) is 74.8. The lowest BCUT2D eigenvalue weighted by Gasteiger charge is -2.21. The Morgan fingerprint density at radius 3 is 1.42 bits per heavy atom. The predicted octanol–water partition coefficient (Wildman–Crippen LogP) is 11.4. The van der Waals surface area contributed by atoms with E-state index in [2.05, 4.69) is 29.9 Å². The Hall–Kier alpha value is -11.1. The lowest BCUT2D eigenvalue weighted by atomic mass is 10.0. The van der Waals surface area contributed by atoms with E-state index in [1.807, 2.05) is 44.2 Å². The van der Waals surface area contributed by atoms with Crippen LogP contribution in [0.1, 0.15) is 65.4 Å². The van der Waals surface area contributed by atoms with Crippen molar-refractivity contribution in [3.63, 3.8) is 0 Å². The maximum absolute atomic E-state index is 16.9. The van der Waals surface area contributed by atoms with Crippen molar-refractivity contribution in [2.75, 3.05) is 70.1 Å². The Morgan fingerprint density at radius 2 is 0.943 bits per heavy atom. The van der Waals surface area contributed by atoms with Crippen molar-refractivity contribution < 1.29 is 71.6 Å². The summed E-state index contributed by atoms with van der Waals surface area (Å²) in [4.78, 5) is 50.5. The Balaban J connectivity index is 0.775. The Labute approximate surface area is 600 Å². The van der Waals surface area contributed by atoms with Crippen LogP contribution in [0.2, 0.25) is 0 Å². The molecule has 105 heavy (non-hydrogen) atoms. The van der Waals surface area contributed by atoms with Crippen LogP contribution in [0.5, 0.6) is 40.2 Å². The van der Waals surface area contributed by atoms with Crippen LogP contribution in [-0.2, 0) is 42.5 Å². The second-order valence-corrected chi connectivity index (χ2v) is 31.8. The van der Waals surface area contributed by atoms with Crippen LogP contribution in [0.15, 0.2) is 172 Å². The van der Waals surface area contributed by atoms with Gasteiger partial charge in [0.05, 0.1) is 108 Å². The summed E-state index contributed by atoms with van der Waals surface area (Å²) in [5, 5.41) is 8.29. The first-order valence-corrected chi connectivity index (χ1v) is 39.2. The number of rotatable bonds is 30. The monoisotopic (exact) mass is 1490 g/mol. The molecule has 0 spiro atoms. The molecular weight excluding hydrogens is 1420 g/mol. The first-order chi connectivity index (χ1) is 50.1. The van der Waals surface area contributed by atoms with E-state index < -0.39 is 94.4 Å². The Kier molecular flexibility index (Phi) is 21.2. The number of H-pyrrole nitrogens is 3. The van der Waals surface area contributed by atoms with Gasteiger partial charge in [0.15, 0.2) is 34.5 Å². The summed E-state index contributed by atoms with van der Waals surface area (Å²) in [6.07, 6.45) is 5.13. The van der Waals surface area contributed by atoms with Crippen LogP contribution in [-0.4, -0.2) is 141 Å². The number of alkyl halides is 2. The van der Waals surface area contributed by atoms with E-state index in [9.17, 15) is 48.4 Å². The number of ether oxygens (including phenoxy) is 7. The van der Waals surface area contributed by atoms with Crippen LogP contribution in [0, 0.1) is 12.7 Å². The van der Waals surface area contributed by atoms with Gasteiger partial charge in [0, 0.05) is 53.6 Å². The van der Waals surface area contributed by atoms with E-state index in [0.29, 0.717) is 85.9 Å². The van der Waals surface area contributed by atoms with E-state index in [1.54, 1.807) is 85.9 Å². The van der Waals surface area contributed by atoms with Crippen molar-refractivity contribution in [2.45, 2.75) is 58.5 Å². The molecule has 0 unspecified atom stereocenters. The highest BCUT2D eigenvalue weighted by Gasteiger charge is 2.30. The molecule has 8 aromatic carbocycles. The van der Waals surface area contributed by atoms with Gasteiger partial charge >= 0.3 is 23.7 Å². The number of aryl methyl sites for hydroxylation is 1. The van der Waals surface area contributed by atoms with Gasteiger partial charge in [-0.15, -0.1) is 0 Å². The van der Waals surface area contributed by atoms with Gasteiger partial charge in [-0.2, -0.15) is 19.0 Å². The highest BCUT2D eigenvalue weighted by atomic mass is 32.2. The number of methoxy groups -OCH3 is 2. The molecule has 0 amide bonds. The topological polar surface area (TPSA) is 306 Å². The summed E-state index contributed by atoms with van der Waals surface area (Å²) in [6, 6.07) is 37.7. The third-order valence-electron chi connectivity index (χ3n) is 17.8. The fraction of sp³-hybridized carbons (Fsp3) is 0.267. The van der Waals surface area contributed by atoms with Gasteiger partial charge in [-0.3, -0.25) is 13.7 Å². The zero-order valence-electron chi connectivity index (χ0n) is 58.1. The summed E-state index contributed by atoms with van der Waals surface area (Å²) in [5.41, 5.74) is 6.36. The number of benzene rings is 8. The van der Waals surface area contributed by atoms with Crippen LogP contribution >= 0.6 is 0 Å². The second kappa shape index (κ2) is 30.3. The fourth-order valence-electron chi connectivity index (χ4n) is 13.1. The minimum Gasteiger partial charge on any atom is -0.493 e. The molecular formula is C75H73F3N8O16S3. The first kappa shape index (κ1) is 73.6. The van der Waals surface area contributed by atoms with Crippen LogP contribution in [0.3, 0.4) is 0 Å². The smallest absolute Gasteiger partial charge is 0.387 e. The molecule has 0 aliphatic heterocycles. The minimum absolute atomic E-state index is 0.0614. The molecule has 0 aliphatic carbocycles. The van der Waals surface area contributed by atoms with Gasteiger partial charge in [0.25, 0.3) is 0 Å². The van der Waals surface area contributed by atoms with Crippen molar-refractivity contribution >= 4 is 62.6 Å². The van der Waals surface area contributed by atoms with Crippen molar-refractivity contribution in [3.8, 4) is 73.8 Å². The van der Waals surface area contributed by atoms with Gasteiger partial charge in [0.2, 0.25) is 0 Å². The number of aromatic nitrogens is 8. The van der Waals surface area contributed by atoms with E-state index in [4.69, 9.17) is 28.4 Å². The standard InChI is InChI=1S/C75H73F3N8O16S3/c1-9-98-66-32-44(29-31-100-67-36-47(18-25-63(67)96-4)60(40-103(6,90)91)86-59-24-17-50(35-56(59)82-75(86)89)71-43(3)28-30-79-83-71)14-21-52(66)45-15-22-57-54(33-45)80-73(87)84(57)61(41-104(7,92)93)48-19-26-64(97-5)68(37-48)101-39-51-12-11-13-53(70(51)76)46-16-23-58-55(34-46)81-74(88)85(58)62(42-105(8,94)95)49-20-27-65(102-72(77)78)69(38-49)99-10-2/h11-28,30,32-38,60-62,72H,9-10,29,31,39-42H2,1-8H3,(H,80,87)(H,81,88)(H,82,89)/t60-,61-,62-/m0/s1. The van der Waals surface area contributed by atoms with Gasteiger partial charge in [-0.05, 0) is 145 Å². The van der Waals surface area contributed by atoms with Gasteiger partial charge in [0.1, 0.15) is 47.7 Å². The largest absolute Gasteiger partial charge is 0.493 e. The highest BCUT2D eigenvalue weighted by molar-refractivity contribution is 7.91. The molecule has 0 aliphatic rings. The summed E-state index contributed by atoms with van der Waals surface area (Å²) < 4.78 is 167. The van der Waals surface area contributed by atoms with Crippen molar-refractivity contribution in [2.24, 2.45) is 0 Å². The molecule has 4 aromatic heterocycles. The lowest BCUT2D eigenvalue weighted by Crippen LogP contribution is -2.28. The average Bonchev–Trinajstić information content (AvgIpc) is 1.64. The Bertz CT molecular complexity index is 5850. The number of imidazole rings is 3. The highest BCUT2D eigenvalue weighted by Crippen LogP contribution is 2.40. The SMILES string of the molecule is CCOc1cc([C@H](CS(C)(=O)=O)n2c(=O)[nH]c3cc(-c4cccc(COc5cc([C@H](CS(C)(=O)=O)n6c(=O)[nH]c7cc(-c8ccc(CCOc9cc([C@H](CS(C)(=O)=O)n%10c(=O)[nH]c%11cc(-c%12nnccc%12C)ccc%11%10)ccc9OC)cc8OCC)ccc76)ccc5OC)c4F)ccc32)ccc1OC(F)F. The van der Waals surface area contributed by atoms with Gasteiger partial charge in [-0.25, -0.2) is 44.0 Å². The minimum atomic E-state index is -3.82. The molecule has 4 heterocycles. The maximum atomic E-state index is 16.9. The molecule has 12 aromatic rings. The summed E-state index contributed by atoms with van der Waals surface area (Å²) >= 11 is 0. The van der Waals surface area contributed by atoms with Crippen LogP contribution in [0.25, 0.3) is 66.6 Å². The predicted molar refractivity (Wildman–Crippen MR) is 393 cm³/mol. The number of sulfone groups is 3.